The average Bonchev–Trinajstić information content (AvgIpc) is 2.97. The summed E-state index contributed by atoms with van der Waals surface area (Å²) < 4.78 is 42.1. The lowest BCUT2D eigenvalue weighted by Gasteiger charge is -2.27. The molecule has 0 fully saturated rings. The number of primary sulfonamides is 1. The summed E-state index contributed by atoms with van der Waals surface area (Å²) in [6.45, 7) is 4.09. The molecule has 0 aliphatic carbocycles. The average molecular weight is 603 g/mol. The smallest absolute Gasteiger partial charge is 0.410 e. The predicted molar refractivity (Wildman–Crippen MR) is 161 cm³/mol. The summed E-state index contributed by atoms with van der Waals surface area (Å²) in [5.74, 6) is -0.641. The first-order valence-electron chi connectivity index (χ1n) is 13.3. The zero-order valence-corrected chi connectivity index (χ0v) is 24.4. The van der Waals surface area contributed by atoms with Gasteiger partial charge in [-0.25, -0.2) is 22.7 Å². The number of sulfonamides is 1. The number of nitrogens with one attached hydrogen (secondary N) is 2. The molecule has 0 aromatic heterocycles. The van der Waals surface area contributed by atoms with Crippen molar-refractivity contribution in [3.05, 3.63) is 120 Å². The van der Waals surface area contributed by atoms with Crippen LogP contribution in [0.3, 0.4) is 0 Å². The lowest BCUT2D eigenvalue weighted by Crippen LogP contribution is -2.37. The second kappa shape index (κ2) is 13.4. The van der Waals surface area contributed by atoms with Crippen molar-refractivity contribution in [3.8, 4) is 16.9 Å². The molecular weight excluding hydrogens is 571 g/mol. The number of carbonyl (C=O) groups is 2. The van der Waals surface area contributed by atoms with Crippen LogP contribution < -0.4 is 15.2 Å². The fourth-order valence-electron chi connectivity index (χ4n) is 4.42. The Morgan fingerprint density at radius 2 is 1.60 bits per heavy atom. The summed E-state index contributed by atoms with van der Waals surface area (Å²) in [4.78, 5) is 27.3. The Labute approximate surface area is 249 Å². The van der Waals surface area contributed by atoms with Gasteiger partial charge in [-0.05, 0) is 66.9 Å². The molecule has 43 heavy (non-hydrogen) atoms. The molecule has 2 amide bonds. The third-order valence-corrected chi connectivity index (χ3v) is 7.55. The number of halogens is 1. The molecule has 4 aromatic rings. The van der Waals surface area contributed by atoms with Gasteiger partial charge in [-0.15, -0.1) is 0 Å². The van der Waals surface area contributed by atoms with E-state index in [2.05, 4.69) is 5.32 Å². The number of hydrogen-bond donors (Lipinski definition) is 3. The van der Waals surface area contributed by atoms with Crippen molar-refractivity contribution in [1.82, 2.24) is 10.2 Å². The van der Waals surface area contributed by atoms with Crippen LogP contribution in [0.5, 0.6) is 5.75 Å². The van der Waals surface area contributed by atoms with E-state index in [0.29, 0.717) is 16.7 Å². The van der Waals surface area contributed by atoms with Gasteiger partial charge in [0.05, 0.1) is 11.3 Å². The van der Waals surface area contributed by atoms with Crippen molar-refractivity contribution >= 4 is 27.9 Å². The van der Waals surface area contributed by atoms with E-state index in [0.717, 1.165) is 23.3 Å². The quantitative estimate of drug-likeness (QED) is 0.178. The van der Waals surface area contributed by atoms with Crippen LogP contribution in [0, 0.1) is 11.2 Å². The Kier molecular flexibility index (Phi) is 9.69. The van der Waals surface area contributed by atoms with Crippen LogP contribution in [0.15, 0.2) is 102 Å². The van der Waals surface area contributed by atoms with Crippen LogP contribution in [0.1, 0.15) is 30.5 Å². The fraction of sp³-hybridized carbons (Fsp3) is 0.156. The van der Waals surface area contributed by atoms with E-state index in [1.54, 1.807) is 65.6 Å². The molecule has 9 nitrogen and oxygen atoms in total. The van der Waals surface area contributed by atoms with Gasteiger partial charge in [0.1, 0.15) is 17.4 Å². The maximum atomic E-state index is 13.3. The third-order valence-electron chi connectivity index (χ3n) is 6.58. The van der Waals surface area contributed by atoms with Crippen molar-refractivity contribution in [3.63, 3.8) is 0 Å². The number of nitrogens with zero attached hydrogens (tertiary/aromatic N) is 1. The number of nitrogens with two attached hydrogens (primary N) is 1. The maximum Gasteiger partial charge on any atom is 0.418 e. The maximum absolute atomic E-state index is 13.3. The number of rotatable bonds is 9. The zero-order valence-electron chi connectivity index (χ0n) is 23.6. The van der Waals surface area contributed by atoms with Crippen molar-refractivity contribution in [1.29, 1.82) is 5.41 Å². The minimum absolute atomic E-state index is 0.0279. The Bertz CT molecular complexity index is 1740. The topological polar surface area (TPSA) is 143 Å². The zero-order chi connectivity index (χ0) is 31.1. The first kappa shape index (κ1) is 31.1. The number of carbonyl (C=O) groups excluding carboxylic acids is 2. The Balaban J connectivity index is 1.41. The van der Waals surface area contributed by atoms with Crippen molar-refractivity contribution < 1.29 is 27.1 Å². The van der Waals surface area contributed by atoms with Gasteiger partial charge in [0.15, 0.2) is 0 Å². The van der Waals surface area contributed by atoms with Gasteiger partial charge >= 0.3 is 6.09 Å². The molecule has 0 unspecified atom stereocenters. The SMILES string of the molecule is CC(C)N(Cc1cccc(C(=N)NC(=O)Oc2ccc(F)cc2)c1)C(=O)Cc1ccc(-c2ccccc2S(N)(=O)=O)cc1. The lowest BCUT2D eigenvalue weighted by atomic mass is 10.0. The van der Waals surface area contributed by atoms with E-state index < -0.39 is 21.9 Å². The molecule has 4 aromatic carbocycles. The van der Waals surface area contributed by atoms with Crippen LogP contribution in [-0.2, 0) is 27.8 Å². The second-order valence-corrected chi connectivity index (χ2v) is 11.6. The Hall–Kier alpha value is -4.87. The predicted octanol–water partition coefficient (Wildman–Crippen LogP) is 5.23. The highest BCUT2D eigenvalue weighted by molar-refractivity contribution is 7.89. The van der Waals surface area contributed by atoms with E-state index in [-0.39, 0.29) is 41.4 Å². The highest BCUT2D eigenvalue weighted by atomic mass is 32.2. The normalized spacial score (nSPS) is 11.2. The summed E-state index contributed by atoms with van der Waals surface area (Å²) >= 11 is 0. The van der Waals surface area contributed by atoms with E-state index in [1.807, 2.05) is 19.9 Å². The summed E-state index contributed by atoms with van der Waals surface area (Å²) in [6, 6.07) is 25.3. The number of amides is 2. The molecule has 0 atom stereocenters. The van der Waals surface area contributed by atoms with Gasteiger partial charge in [0, 0.05) is 23.7 Å². The molecule has 0 heterocycles. The van der Waals surface area contributed by atoms with Crippen LogP contribution >= 0.6 is 0 Å². The molecule has 0 saturated heterocycles. The van der Waals surface area contributed by atoms with Crippen LogP contribution in [0.25, 0.3) is 11.1 Å². The van der Waals surface area contributed by atoms with E-state index in [9.17, 15) is 22.4 Å². The third kappa shape index (κ3) is 8.34. The van der Waals surface area contributed by atoms with Crippen molar-refractivity contribution in [2.24, 2.45) is 5.14 Å². The van der Waals surface area contributed by atoms with Crippen molar-refractivity contribution in [2.45, 2.75) is 37.8 Å². The van der Waals surface area contributed by atoms with Crippen LogP contribution in [-0.4, -0.2) is 37.2 Å². The molecule has 4 rings (SSSR count). The Morgan fingerprint density at radius 3 is 2.26 bits per heavy atom. The van der Waals surface area contributed by atoms with Gasteiger partial charge in [-0.2, -0.15) is 0 Å². The standard InChI is InChI=1S/C32H31FN4O5S/c1-21(2)37(30(38)19-22-10-12-24(13-11-22)28-8-3-4-9-29(28)43(35,40)41)20-23-6-5-7-25(18-23)31(34)36-32(39)42-27-16-14-26(33)15-17-27/h3-18,21H,19-20H2,1-2H3,(H2,34,36,39)(H2,35,40,41). The summed E-state index contributed by atoms with van der Waals surface area (Å²) in [5.41, 5.74) is 3.08. The van der Waals surface area contributed by atoms with Crippen LogP contribution in [0.2, 0.25) is 0 Å². The van der Waals surface area contributed by atoms with E-state index >= 15 is 0 Å². The molecule has 0 aliphatic rings. The molecule has 0 radical (unpaired) electrons. The van der Waals surface area contributed by atoms with Gasteiger partial charge < -0.3 is 9.64 Å². The Morgan fingerprint density at radius 1 is 0.930 bits per heavy atom. The molecule has 0 bridgehead atoms. The van der Waals surface area contributed by atoms with Gasteiger partial charge in [-0.3, -0.25) is 15.5 Å². The minimum Gasteiger partial charge on any atom is -0.410 e. The van der Waals surface area contributed by atoms with Gasteiger partial charge in [-0.1, -0.05) is 60.7 Å². The molecule has 11 heteroatoms. The molecule has 0 aliphatic heterocycles. The summed E-state index contributed by atoms with van der Waals surface area (Å²) in [7, 11) is -3.90. The fourth-order valence-corrected chi connectivity index (χ4v) is 5.18. The summed E-state index contributed by atoms with van der Waals surface area (Å²) in [5, 5.41) is 16.0. The minimum atomic E-state index is -3.90. The van der Waals surface area contributed by atoms with Crippen LogP contribution in [0.4, 0.5) is 9.18 Å². The molecule has 222 valence electrons. The number of hydrogen-bond acceptors (Lipinski definition) is 6. The monoisotopic (exact) mass is 602 g/mol. The highest BCUT2D eigenvalue weighted by Gasteiger charge is 2.19. The number of amidine groups is 1. The molecule has 0 spiro atoms. The first-order chi connectivity index (χ1) is 20.4. The number of ether oxygens (including phenoxy) is 1. The van der Waals surface area contributed by atoms with Gasteiger partial charge in [0.25, 0.3) is 0 Å². The molecule has 0 saturated carbocycles. The molecular formula is C32H31FN4O5S. The largest absolute Gasteiger partial charge is 0.418 e. The van der Waals surface area contributed by atoms with Crippen molar-refractivity contribution in [2.75, 3.05) is 0 Å². The second-order valence-electron chi connectivity index (χ2n) is 10.1. The van der Waals surface area contributed by atoms with E-state index in [1.165, 1.54) is 18.2 Å². The lowest BCUT2D eigenvalue weighted by molar-refractivity contribution is -0.132. The van der Waals surface area contributed by atoms with Gasteiger partial charge in [0.2, 0.25) is 15.9 Å². The van der Waals surface area contributed by atoms with E-state index in [4.69, 9.17) is 15.3 Å². The molecule has 4 N–H and O–H groups in total. The number of benzene rings is 4. The summed E-state index contributed by atoms with van der Waals surface area (Å²) in [6.07, 6.45) is -0.762. The highest BCUT2D eigenvalue weighted by Crippen LogP contribution is 2.27. The first-order valence-corrected chi connectivity index (χ1v) is 14.9.